The van der Waals surface area contributed by atoms with Crippen molar-refractivity contribution in [2.24, 2.45) is 0 Å². The number of rotatable bonds is 9. The van der Waals surface area contributed by atoms with Crippen LogP contribution in [0.2, 0.25) is 5.02 Å². The van der Waals surface area contributed by atoms with E-state index in [1.54, 1.807) is 36.0 Å². The summed E-state index contributed by atoms with van der Waals surface area (Å²) < 4.78 is 0. The molecule has 6 heteroatoms. The van der Waals surface area contributed by atoms with Gasteiger partial charge < -0.3 is 10.6 Å². The molecule has 3 aromatic carbocycles. The van der Waals surface area contributed by atoms with Gasteiger partial charge in [-0.25, -0.2) is 0 Å². The molecule has 2 N–H and O–H groups in total. The zero-order valence-electron chi connectivity index (χ0n) is 16.4. The summed E-state index contributed by atoms with van der Waals surface area (Å²) in [6.07, 6.45) is 1.10. The highest BCUT2D eigenvalue weighted by molar-refractivity contribution is 7.99. The van der Waals surface area contributed by atoms with Crippen LogP contribution in [0.3, 0.4) is 0 Å². The minimum atomic E-state index is -0.197. The maximum absolute atomic E-state index is 12.6. The molecule has 0 radical (unpaired) electrons. The van der Waals surface area contributed by atoms with Gasteiger partial charge >= 0.3 is 0 Å². The van der Waals surface area contributed by atoms with Crippen LogP contribution in [0.1, 0.15) is 22.3 Å². The molecule has 0 heterocycles. The summed E-state index contributed by atoms with van der Waals surface area (Å²) >= 11 is 7.47. The van der Waals surface area contributed by atoms with Gasteiger partial charge in [0.2, 0.25) is 5.91 Å². The van der Waals surface area contributed by atoms with Gasteiger partial charge in [0.05, 0.1) is 11.3 Å². The highest BCUT2D eigenvalue weighted by Gasteiger charge is 2.13. The van der Waals surface area contributed by atoms with Crippen molar-refractivity contribution in [3.05, 3.63) is 95.0 Å². The number of thioether (sulfide) groups is 1. The molecule has 0 unspecified atom stereocenters. The lowest BCUT2D eigenvalue weighted by atomic mass is 10.1. The second-order valence-electron chi connectivity index (χ2n) is 6.64. The summed E-state index contributed by atoms with van der Waals surface area (Å²) in [6, 6.07) is 24.6. The summed E-state index contributed by atoms with van der Waals surface area (Å²) in [6.45, 7) is 0.531. The second-order valence-corrected chi connectivity index (χ2v) is 8.24. The second kappa shape index (κ2) is 11.4. The van der Waals surface area contributed by atoms with Gasteiger partial charge in [0.15, 0.2) is 0 Å². The normalized spacial score (nSPS) is 10.4. The highest BCUT2D eigenvalue weighted by atomic mass is 35.5. The van der Waals surface area contributed by atoms with Crippen LogP contribution in [-0.2, 0) is 11.2 Å². The molecule has 0 saturated carbocycles. The SMILES string of the molecule is O=C(CCSc1ccc(Cl)cc1)Nc1ccccc1C(=O)NCCc1ccccc1. The minimum Gasteiger partial charge on any atom is -0.352 e. The third-order valence-electron chi connectivity index (χ3n) is 4.40. The summed E-state index contributed by atoms with van der Waals surface area (Å²) in [5.41, 5.74) is 2.15. The number of hydrogen-bond donors (Lipinski definition) is 2. The first-order valence-corrected chi connectivity index (χ1v) is 11.1. The van der Waals surface area contributed by atoms with Crippen molar-refractivity contribution in [2.75, 3.05) is 17.6 Å². The molecule has 3 rings (SSSR count). The molecule has 0 fully saturated rings. The molecule has 0 aromatic heterocycles. The molecule has 0 spiro atoms. The van der Waals surface area contributed by atoms with Crippen LogP contribution >= 0.6 is 23.4 Å². The van der Waals surface area contributed by atoms with Crippen molar-refractivity contribution in [2.45, 2.75) is 17.7 Å². The van der Waals surface area contributed by atoms with E-state index in [0.29, 0.717) is 35.0 Å². The fraction of sp³-hybridized carbons (Fsp3) is 0.167. The van der Waals surface area contributed by atoms with Crippen LogP contribution < -0.4 is 10.6 Å². The summed E-state index contributed by atoms with van der Waals surface area (Å²) in [5.74, 6) is 0.317. The molecular weight excluding hydrogens is 416 g/mol. The monoisotopic (exact) mass is 438 g/mol. The molecule has 0 saturated heterocycles. The van der Waals surface area contributed by atoms with E-state index >= 15 is 0 Å². The van der Waals surface area contributed by atoms with Gasteiger partial charge in [-0.1, -0.05) is 54.1 Å². The van der Waals surface area contributed by atoms with Crippen molar-refractivity contribution in [3.8, 4) is 0 Å². The Labute approximate surface area is 186 Å². The van der Waals surface area contributed by atoms with Crippen LogP contribution in [0.15, 0.2) is 83.8 Å². The predicted octanol–water partition coefficient (Wildman–Crippen LogP) is 5.43. The Morgan fingerprint density at radius 3 is 2.33 bits per heavy atom. The van der Waals surface area contributed by atoms with E-state index < -0.39 is 0 Å². The molecule has 30 heavy (non-hydrogen) atoms. The van der Waals surface area contributed by atoms with Gasteiger partial charge in [-0.3, -0.25) is 9.59 Å². The molecule has 2 amide bonds. The molecule has 0 atom stereocenters. The summed E-state index contributed by atoms with van der Waals surface area (Å²) in [5, 5.41) is 6.48. The quantitative estimate of drug-likeness (QED) is 0.438. The third kappa shape index (κ3) is 6.94. The molecule has 0 bridgehead atoms. The zero-order valence-corrected chi connectivity index (χ0v) is 18.0. The number of halogens is 1. The first kappa shape index (κ1) is 21.9. The van der Waals surface area contributed by atoms with Gasteiger partial charge in [-0.15, -0.1) is 11.8 Å². The summed E-state index contributed by atoms with van der Waals surface area (Å²) in [4.78, 5) is 26.0. The van der Waals surface area contributed by atoms with Gasteiger partial charge in [-0.05, 0) is 48.4 Å². The molecule has 0 aliphatic rings. The first-order valence-electron chi connectivity index (χ1n) is 9.71. The lowest BCUT2D eigenvalue weighted by molar-refractivity contribution is -0.115. The topological polar surface area (TPSA) is 58.2 Å². The standard InChI is InChI=1S/C24H23ClN2O2S/c25-19-10-12-20(13-11-19)30-17-15-23(28)27-22-9-5-4-8-21(22)24(29)26-16-14-18-6-2-1-3-7-18/h1-13H,14-17H2,(H,26,29)(H,27,28). The van der Waals surface area contributed by atoms with Crippen LogP contribution in [0, 0.1) is 0 Å². The molecule has 0 aliphatic carbocycles. The Bertz CT molecular complexity index is 978. The number of carbonyl (C=O) groups excluding carboxylic acids is 2. The van der Waals surface area contributed by atoms with Crippen LogP contribution in [0.4, 0.5) is 5.69 Å². The van der Waals surface area contributed by atoms with Gasteiger partial charge in [0, 0.05) is 28.6 Å². The van der Waals surface area contributed by atoms with Crippen molar-refractivity contribution in [1.29, 1.82) is 0 Å². The van der Waals surface area contributed by atoms with Gasteiger partial charge in [-0.2, -0.15) is 0 Å². The van der Waals surface area contributed by atoms with E-state index in [1.807, 2.05) is 54.6 Å². The number of nitrogens with one attached hydrogen (secondary N) is 2. The molecular formula is C24H23ClN2O2S. The number of para-hydroxylation sites is 1. The Morgan fingerprint density at radius 2 is 1.57 bits per heavy atom. The smallest absolute Gasteiger partial charge is 0.253 e. The summed E-state index contributed by atoms with van der Waals surface area (Å²) in [7, 11) is 0. The molecule has 4 nitrogen and oxygen atoms in total. The van der Waals surface area contributed by atoms with Gasteiger partial charge in [0.25, 0.3) is 5.91 Å². The van der Waals surface area contributed by atoms with E-state index in [2.05, 4.69) is 10.6 Å². The fourth-order valence-corrected chi connectivity index (χ4v) is 3.83. The van der Waals surface area contributed by atoms with Crippen molar-refractivity contribution < 1.29 is 9.59 Å². The maximum atomic E-state index is 12.6. The van der Waals surface area contributed by atoms with E-state index in [4.69, 9.17) is 11.6 Å². The Kier molecular flexibility index (Phi) is 8.36. The lowest BCUT2D eigenvalue weighted by Crippen LogP contribution is -2.27. The van der Waals surface area contributed by atoms with Gasteiger partial charge in [0.1, 0.15) is 0 Å². The number of hydrogen-bond acceptors (Lipinski definition) is 3. The zero-order chi connectivity index (χ0) is 21.2. The van der Waals surface area contributed by atoms with E-state index in [-0.39, 0.29) is 11.8 Å². The Balaban J connectivity index is 1.49. The van der Waals surface area contributed by atoms with Crippen molar-refractivity contribution in [3.63, 3.8) is 0 Å². The number of carbonyl (C=O) groups is 2. The number of anilines is 1. The number of amides is 2. The first-order chi connectivity index (χ1) is 14.6. The van der Waals surface area contributed by atoms with Crippen LogP contribution in [0.5, 0.6) is 0 Å². The lowest BCUT2D eigenvalue weighted by Gasteiger charge is -2.11. The predicted molar refractivity (Wildman–Crippen MR) is 124 cm³/mol. The van der Waals surface area contributed by atoms with Crippen LogP contribution in [0.25, 0.3) is 0 Å². The van der Waals surface area contributed by atoms with E-state index in [1.165, 1.54) is 0 Å². The minimum absolute atomic E-state index is 0.124. The van der Waals surface area contributed by atoms with E-state index in [0.717, 1.165) is 16.9 Å². The van der Waals surface area contributed by atoms with Crippen LogP contribution in [-0.4, -0.2) is 24.1 Å². The average Bonchev–Trinajstić information content (AvgIpc) is 2.76. The average molecular weight is 439 g/mol. The Hall–Kier alpha value is -2.76. The highest BCUT2D eigenvalue weighted by Crippen LogP contribution is 2.21. The van der Waals surface area contributed by atoms with E-state index in [9.17, 15) is 9.59 Å². The Morgan fingerprint density at radius 1 is 0.867 bits per heavy atom. The molecule has 0 aliphatic heterocycles. The fourth-order valence-electron chi connectivity index (χ4n) is 2.86. The van der Waals surface area contributed by atoms with Crippen molar-refractivity contribution >= 4 is 40.9 Å². The molecule has 3 aromatic rings. The maximum Gasteiger partial charge on any atom is 0.253 e. The largest absolute Gasteiger partial charge is 0.352 e. The number of benzene rings is 3. The third-order valence-corrected chi connectivity index (χ3v) is 5.67. The van der Waals surface area contributed by atoms with Crippen molar-refractivity contribution in [1.82, 2.24) is 5.32 Å². The molecule has 154 valence electrons.